The Balaban J connectivity index is 0.00000370. The number of aryl methyl sites for hydroxylation is 1. The summed E-state index contributed by atoms with van der Waals surface area (Å²) < 4.78 is 39.2. The molecule has 5 aromatic rings. The molecule has 0 bridgehead atoms. The highest BCUT2D eigenvalue weighted by Gasteiger charge is 2.13. The van der Waals surface area contributed by atoms with Crippen LogP contribution in [0.15, 0.2) is 83.9 Å². The van der Waals surface area contributed by atoms with E-state index in [9.17, 15) is 12.8 Å². The summed E-state index contributed by atoms with van der Waals surface area (Å²) in [6.45, 7) is 0.638. The van der Waals surface area contributed by atoms with Crippen LogP contribution in [0.5, 0.6) is 0 Å². The van der Waals surface area contributed by atoms with E-state index in [2.05, 4.69) is 20.6 Å². The Bertz CT molecular complexity index is 1760. The number of imidazole rings is 1. The first kappa shape index (κ1) is 28.7. The molecule has 0 aliphatic rings. The number of hydrogen-bond acceptors (Lipinski definition) is 8. The van der Waals surface area contributed by atoms with Gasteiger partial charge >= 0.3 is 0 Å². The lowest BCUT2D eigenvalue weighted by Crippen LogP contribution is -2.14. The SMILES string of the molecule is CN(c1ccc2c(c1)nc(NCc1ccccc1F)n2C)c1ccnc(NCc2cccc(S(N)(=O)=O)c2)n1.Cl. The molecule has 0 atom stereocenters. The Hall–Kier alpha value is -4.26. The van der Waals surface area contributed by atoms with Crippen LogP contribution >= 0.6 is 12.4 Å². The molecule has 0 amide bonds. The van der Waals surface area contributed by atoms with Crippen molar-refractivity contribution in [2.24, 2.45) is 12.2 Å². The first-order valence-corrected chi connectivity index (χ1v) is 13.6. The molecule has 0 saturated carbocycles. The van der Waals surface area contributed by atoms with Gasteiger partial charge < -0.3 is 20.1 Å². The van der Waals surface area contributed by atoms with E-state index in [1.807, 2.05) is 41.8 Å². The molecule has 0 fully saturated rings. The van der Waals surface area contributed by atoms with Gasteiger partial charge in [0.25, 0.3) is 0 Å². The number of primary sulfonamides is 1. The molecule has 3 aromatic carbocycles. The van der Waals surface area contributed by atoms with E-state index >= 15 is 0 Å². The van der Waals surface area contributed by atoms with E-state index in [0.717, 1.165) is 22.3 Å². The van der Waals surface area contributed by atoms with E-state index in [0.29, 0.717) is 36.4 Å². The fourth-order valence-electron chi connectivity index (χ4n) is 4.14. The van der Waals surface area contributed by atoms with Gasteiger partial charge in [-0.2, -0.15) is 4.98 Å². The Labute approximate surface area is 237 Å². The normalized spacial score (nSPS) is 11.2. The topological polar surface area (TPSA) is 131 Å². The van der Waals surface area contributed by atoms with Crippen molar-refractivity contribution in [3.8, 4) is 0 Å². The number of fused-ring (bicyclic) bond motifs is 1. The quantitative estimate of drug-likeness (QED) is 0.230. The second-order valence-corrected chi connectivity index (χ2v) is 10.5. The Morgan fingerprint density at radius 3 is 2.55 bits per heavy atom. The van der Waals surface area contributed by atoms with Crippen LogP contribution in [0.25, 0.3) is 11.0 Å². The van der Waals surface area contributed by atoms with Crippen molar-refractivity contribution in [1.29, 1.82) is 0 Å². The summed E-state index contributed by atoms with van der Waals surface area (Å²) in [5.41, 5.74) is 3.86. The maximum absolute atomic E-state index is 14.0. The first-order valence-electron chi connectivity index (χ1n) is 12.1. The van der Waals surface area contributed by atoms with Crippen LogP contribution in [0.4, 0.5) is 27.8 Å². The second-order valence-electron chi connectivity index (χ2n) is 8.96. The van der Waals surface area contributed by atoms with Gasteiger partial charge in [-0.1, -0.05) is 30.3 Å². The van der Waals surface area contributed by atoms with Crippen LogP contribution in [0.2, 0.25) is 0 Å². The number of benzene rings is 3. The number of anilines is 4. The third-order valence-electron chi connectivity index (χ3n) is 6.31. The van der Waals surface area contributed by atoms with Gasteiger partial charge in [0, 0.05) is 44.6 Å². The number of nitrogens with two attached hydrogens (primary N) is 1. The predicted molar refractivity (Wildman–Crippen MR) is 157 cm³/mol. The Morgan fingerprint density at radius 1 is 0.975 bits per heavy atom. The monoisotopic (exact) mass is 582 g/mol. The number of aromatic nitrogens is 4. The van der Waals surface area contributed by atoms with E-state index in [1.54, 1.807) is 42.6 Å². The van der Waals surface area contributed by atoms with Gasteiger partial charge in [0.15, 0.2) is 0 Å². The molecule has 208 valence electrons. The van der Waals surface area contributed by atoms with Crippen LogP contribution in [-0.4, -0.2) is 35.0 Å². The van der Waals surface area contributed by atoms with E-state index in [1.165, 1.54) is 18.2 Å². The van der Waals surface area contributed by atoms with Crippen LogP contribution in [0.1, 0.15) is 11.1 Å². The molecule has 40 heavy (non-hydrogen) atoms. The van der Waals surface area contributed by atoms with Crippen molar-refractivity contribution in [2.75, 3.05) is 22.6 Å². The van der Waals surface area contributed by atoms with E-state index in [-0.39, 0.29) is 23.1 Å². The first-order chi connectivity index (χ1) is 18.7. The summed E-state index contributed by atoms with van der Waals surface area (Å²) in [4.78, 5) is 15.5. The minimum Gasteiger partial charge on any atom is -0.351 e. The Kier molecular flexibility index (Phi) is 8.52. The van der Waals surface area contributed by atoms with Crippen molar-refractivity contribution in [3.63, 3.8) is 0 Å². The van der Waals surface area contributed by atoms with Gasteiger partial charge in [-0.15, -0.1) is 12.4 Å². The number of halogens is 2. The van der Waals surface area contributed by atoms with Gasteiger partial charge in [0.05, 0.1) is 15.9 Å². The zero-order valence-corrected chi connectivity index (χ0v) is 23.4. The lowest BCUT2D eigenvalue weighted by Gasteiger charge is -2.19. The zero-order valence-electron chi connectivity index (χ0n) is 21.7. The molecular weight excluding hydrogens is 555 g/mol. The second kappa shape index (κ2) is 11.9. The third-order valence-corrected chi connectivity index (χ3v) is 7.22. The molecule has 0 unspecified atom stereocenters. The van der Waals surface area contributed by atoms with Gasteiger partial charge in [-0.25, -0.2) is 27.9 Å². The number of hydrogen-bond donors (Lipinski definition) is 3. The van der Waals surface area contributed by atoms with Crippen molar-refractivity contribution < 1.29 is 12.8 Å². The molecule has 0 aliphatic carbocycles. The lowest BCUT2D eigenvalue weighted by atomic mass is 10.2. The molecule has 0 saturated heterocycles. The van der Waals surface area contributed by atoms with Crippen LogP contribution in [0, 0.1) is 5.82 Å². The summed E-state index contributed by atoms with van der Waals surface area (Å²) in [5, 5.41) is 11.6. The molecule has 2 heterocycles. The minimum atomic E-state index is -3.78. The van der Waals surface area contributed by atoms with Crippen molar-refractivity contribution >= 4 is 56.9 Å². The van der Waals surface area contributed by atoms with E-state index < -0.39 is 10.0 Å². The van der Waals surface area contributed by atoms with Gasteiger partial charge in [-0.05, 0) is 48.0 Å². The molecule has 0 aliphatic heterocycles. The highest BCUT2D eigenvalue weighted by atomic mass is 35.5. The zero-order chi connectivity index (χ0) is 27.6. The highest BCUT2D eigenvalue weighted by molar-refractivity contribution is 7.89. The number of nitrogens with one attached hydrogen (secondary N) is 2. The molecule has 0 radical (unpaired) electrons. The summed E-state index contributed by atoms with van der Waals surface area (Å²) in [6, 6.07) is 20.7. The molecule has 5 rings (SSSR count). The average molecular weight is 583 g/mol. The number of sulfonamides is 1. The van der Waals surface area contributed by atoms with Gasteiger partial charge in [0.1, 0.15) is 11.6 Å². The number of rotatable bonds is 9. The van der Waals surface area contributed by atoms with Crippen LogP contribution in [-0.2, 0) is 30.2 Å². The third kappa shape index (κ3) is 6.30. The summed E-state index contributed by atoms with van der Waals surface area (Å²) in [5.74, 6) is 1.41. The van der Waals surface area contributed by atoms with E-state index in [4.69, 9.17) is 10.1 Å². The maximum Gasteiger partial charge on any atom is 0.238 e. The largest absolute Gasteiger partial charge is 0.351 e. The lowest BCUT2D eigenvalue weighted by molar-refractivity contribution is 0.597. The Morgan fingerprint density at radius 2 is 1.77 bits per heavy atom. The predicted octanol–water partition coefficient (Wildman–Crippen LogP) is 4.56. The molecule has 10 nitrogen and oxygen atoms in total. The van der Waals surface area contributed by atoms with Gasteiger partial charge in [0.2, 0.25) is 21.9 Å². The van der Waals surface area contributed by atoms with Crippen molar-refractivity contribution in [2.45, 2.75) is 18.0 Å². The van der Waals surface area contributed by atoms with Crippen LogP contribution in [0.3, 0.4) is 0 Å². The van der Waals surface area contributed by atoms with Gasteiger partial charge in [-0.3, -0.25) is 0 Å². The average Bonchev–Trinajstić information content (AvgIpc) is 3.25. The highest BCUT2D eigenvalue weighted by Crippen LogP contribution is 2.28. The fourth-order valence-corrected chi connectivity index (χ4v) is 4.72. The van der Waals surface area contributed by atoms with Crippen LogP contribution < -0.4 is 20.7 Å². The molecule has 0 spiro atoms. The summed E-state index contributed by atoms with van der Waals surface area (Å²) in [6.07, 6.45) is 1.64. The standard InChI is InChI=1S/C27H27FN8O2S.ClH/c1-35(25-12-13-30-26(34-25)31-16-18-6-5-8-21(14-18)39(29,37)38)20-10-11-24-23(15-20)33-27(36(24)2)32-17-19-7-3-4-9-22(19)28;/h3-15H,16-17H2,1-2H3,(H,32,33)(H2,29,37,38)(H,30,31,34);1H. The molecule has 13 heteroatoms. The summed E-state index contributed by atoms with van der Waals surface area (Å²) in [7, 11) is 0.0151. The fraction of sp³-hybridized carbons (Fsp3) is 0.148. The molecule has 4 N–H and O–H groups in total. The smallest absolute Gasteiger partial charge is 0.238 e. The summed E-state index contributed by atoms with van der Waals surface area (Å²) >= 11 is 0. The van der Waals surface area contributed by atoms with Crippen molar-refractivity contribution in [1.82, 2.24) is 19.5 Å². The molecule has 2 aromatic heterocycles. The number of nitrogens with zero attached hydrogens (tertiary/aromatic N) is 5. The maximum atomic E-state index is 14.0. The molecular formula is C27H28ClFN8O2S. The van der Waals surface area contributed by atoms with Crippen molar-refractivity contribution in [3.05, 3.63) is 95.9 Å². The minimum absolute atomic E-state index is 0.